The summed E-state index contributed by atoms with van der Waals surface area (Å²) >= 11 is 7.35. The zero-order chi connectivity index (χ0) is 25.9. The van der Waals surface area contributed by atoms with Crippen LogP contribution in [0.1, 0.15) is 11.3 Å². The van der Waals surface area contributed by atoms with Crippen molar-refractivity contribution in [2.45, 2.75) is 30.9 Å². The molecule has 3 amide bonds. The summed E-state index contributed by atoms with van der Waals surface area (Å²) in [6.45, 7) is 0.139. The fourth-order valence-electron chi connectivity index (χ4n) is 4.26. The van der Waals surface area contributed by atoms with E-state index < -0.39 is 41.8 Å². The van der Waals surface area contributed by atoms with Crippen LogP contribution >= 0.6 is 23.4 Å². The van der Waals surface area contributed by atoms with Gasteiger partial charge in [0, 0.05) is 10.5 Å². The number of nitrogens with zero attached hydrogens (tertiary/aromatic N) is 4. The first-order chi connectivity index (χ1) is 17.0. The number of nitrogens with one attached hydrogen (secondary N) is 1. The molecule has 0 saturated carbocycles. The molecule has 1 N–H and O–H groups in total. The molecule has 188 valence electrons. The molecule has 3 aromatic rings. The van der Waals surface area contributed by atoms with Crippen molar-refractivity contribution in [2.24, 2.45) is 0 Å². The zero-order valence-electron chi connectivity index (χ0n) is 18.6. The van der Waals surface area contributed by atoms with Crippen LogP contribution in [0.25, 0.3) is 15.8 Å². The van der Waals surface area contributed by atoms with Gasteiger partial charge < -0.3 is 10.1 Å². The molecule has 8 nitrogen and oxygen atoms in total. The van der Waals surface area contributed by atoms with Gasteiger partial charge in [0.1, 0.15) is 11.8 Å². The molecule has 1 saturated heterocycles. The number of rotatable bonds is 4. The first-order valence-corrected chi connectivity index (χ1v) is 11.7. The van der Waals surface area contributed by atoms with Crippen LogP contribution in [-0.2, 0) is 11.3 Å². The SMILES string of the molecule is COc1cc(C2=CC3NC(=O)N(c4cncc5c4c(C)nn5CC(F)(F)F)C(=O)C3S2)c(Cl)cc1F. The number of carbonyl (C=O) groups excluding carboxylic acids is 2. The molecule has 0 radical (unpaired) electrons. The molecule has 14 heteroatoms. The lowest BCUT2D eigenvalue weighted by Crippen LogP contribution is -2.60. The number of halogens is 5. The number of alkyl halides is 3. The number of fused-ring (bicyclic) bond motifs is 2. The van der Waals surface area contributed by atoms with Crippen LogP contribution in [0, 0.1) is 12.7 Å². The fourth-order valence-corrected chi connectivity index (χ4v) is 5.86. The van der Waals surface area contributed by atoms with Crippen LogP contribution in [0.3, 0.4) is 0 Å². The van der Waals surface area contributed by atoms with Gasteiger partial charge >= 0.3 is 12.2 Å². The van der Waals surface area contributed by atoms with Gasteiger partial charge in [-0.1, -0.05) is 11.6 Å². The predicted molar refractivity (Wildman–Crippen MR) is 125 cm³/mol. The van der Waals surface area contributed by atoms with E-state index in [2.05, 4.69) is 15.4 Å². The van der Waals surface area contributed by atoms with Crippen molar-refractivity contribution in [3.8, 4) is 5.75 Å². The van der Waals surface area contributed by atoms with E-state index in [1.807, 2.05) is 0 Å². The summed E-state index contributed by atoms with van der Waals surface area (Å²) in [7, 11) is 1.31. The van der Waals surface area contributed by atoms with E-state index in [0.29, 0.717) is 10.5 Å². The van der Waals surface area contributed by atoms with E-state index in [4.69, 9.17) is 16.3 Å². The highest BCUT2D eigenvalue weighted by Crippen LogP contribution is 2.46. The van der Waals surface area contributed by atoms with Crippen molar-refractivity contribution in [2.75, 3.05) is 12.0 Å². The molecule has 0 spiro atoms. The van der Waals surface area contributed by atoms with Gasteiger partial charge in [0.25, 0.3) is 5.91 Å². The van der Waals surface area contributed by atoms with Crippen molar-refractivity contribution >= 4 is 56.8 Å². The van der Waals surface area contributed by atoms with Crippen molar-refractivity contribution in [3.63, 3.8) is 0 Å². The number of anilines is 1. The Bertz CT molecular complexity index is 1460. The first-order valence-electron chi connectivity index (χ1n) is 10.4. The summed E-state index contributed by atoms with van der Waals surface area (Å²) in [5.74, 6) is -1.28. The molecule has 4 heterocycles. The van der Waals surface area contributed by atoms with Crippen molar-refractivity contribution < 1.29 is 31.9 Å². The molecular weight excluding hydrogens is 526 g/mol. The lowest BCUT2D eigenvalue weighted by molar-refractivity contribution is -0.141. The second kappa shape index (κ2) is 8.66. The van der Waals surface area contributed by atoms with Crippen molar-refractivity contribution in [1.29, 1.82) is 0 Å². The van der Waals surface area contributed by atoms with Gasteiger partial charge in [-0.25, -0.2) is 14.1 Å². The Labute approximate surface area is 210 Å². The average molecular weight is 542 g/mol. The van der Waals surface area contributed by atoms with Crippen LogP contribution in [0.4, 0.5) is 28.0 Å². The molecule has 5 rings (SSSR count). The Kier molecular flexibility index (Phi) is 5.86. The summed E-state index contributed by atoms with van der Waals surface area (Å²) in [6.07, 6.45) is -0.442. The Balaban J connectivity index is 1.50. The van der Waals surface area contributed by atoms with Crippen LogP contribution in [-0.4, -0.2) is 51.3 Å². The van der Waals surface area contributed by atoms with E-state index in [1.54, 1.807) is 6.08 Å². The monoisotopic (exact) mass is 541 g/mol. The Morgan fingerprint density at radius 3 is 2.69 bits per heavy atom. The third kappa shape index (κ3) is 4.05. The largest absolute Gasteiger partial charge is 0.494 e. The minimum Gasteiger partial charge on any atom is -0.494 e. The van der Waals surface area contributed by atoms with Gasteiger partial charge in [0.05, 0.1) is 52.9 Å². The Morgan fingerprint density at radius 2 is 2.00 bits per heavy atom. The van der Waals surface area contributed by atoms with E-state index >= 15 is 0 Å². The molecule has 0 aliphatic carbocycles. The van der Waals surface area contributed by atoms with E-state index in [1.165, 1.54) is 32.5 Å². The molecule has 1 fully saturated rings. The third-order valence-corrected chi connectivity index (χ3v) is 7.43. The number of hydrogen-bond donors (Lipinski definition) is 1. The Morgan fingerprint density at radius 1 is 1.25 bits per heavy atom. The Hall–Kier alpha value is -3.32. The molecule has 2 unspecified atom stereocenters. The molecule has 2 aromatic heterocycles. The molecule has 2 aliphatic heterocycles. The standard InChI is InChI=1S/C22H16ClF4N5O3S/c1-9-18-14(31(30-9)8-22(25,26)27)6-28-7-15(18)32-20(33)19-13(29-21(32)34)5-17(36-19)10-3-16(35-2)12(24)4-11(10)23/h3-7,13,19H,8H2,1-2H3,(H,29,34). The average Bonchev–Trinajstić information content (AvgIpc) is 3.34. The molecule has 36 heavy (non-hydrogen) atoms. The number of methoxy groups -OCH3 is 1. The fraction of sp³-hybridized carbons (Fsp3) is 0.273. The first kappa shape index (κ1) is 24.4. The molecule has 2 atom stereocenters. The number of thioether (sulfide) groups is 1. The molecule has 2 aliphatic rings. The topological polar surface area (TPSA) is 89.3 Å². The molecule has 0 bridgehead atoms. The summed E-state index contributed by atoms with van der Waals surface area (Å²) in [6, 6.07) is 1.05. The number of aromatic nitrogens is 3. The van der Waals surface area contributed by atoms with Gasteiger partial charge in [-0.05, 0) is 25.1 Å². The number of hydrogen-bond acceptors (Lipinski definition) is 6. The maximum absolute atomic E-state index is 14.0. The minimum absolute atomic E-state index is 0.0231. The maximum Gasteiger partial charge on any atom is 0.408 e. The van der Waals surface area contributed by atoms with Crippen LogP contribution < -0.4 is 15.0 Å². The lowest BCUT2D eigenvalue weighted by atomic mass is 10.1. The number of ether oxygens (including phenoxy) is 1. The quantitative estimate of drug-likeness (QED) is 0.482. The van der Waals surface area contributed by atoms with Crippen LogP contribution in [0.2, 0.25) is 5.02 Å². The van der Waals surface area contributed by atoms with E-state index in [9.17, 15) is 27.2 Å². The molecular formula is C22H16ClF4N5O3S. The number of benzene rings is 1. The van der Waals surface area contributed by atoms with Gasteiger partial charge in [0.15, 0.2) is 11.6 Å². The van der Waals surface area contributed by atoms with E-state index in [0.717, 1.165) is 27.4 Å². The number of pyridine rings is 1. The third-order valence-electron chi connectivity index (χ3n) is 5.76. The minimum atomic E-state index is -4.53. The van der Waals surface area contributed by atoms with Gasteiger partial charge in [-0.2, -0.15) is 18.3 Å². The number of imide groups is 1. The van der Waals surface area contributed by atoms with Crippen molar-refractivity contribution in [1.82, 2.24) is 20.1 Å². The normalized spacial score (nSPS) is 20.0. The highest BCUT2D eigenvalue weighted by atomic mass is 35.5. The number of carbonyl (C=O) groups is 2. The summed E-state index contributed by atoms with van der Waals surface area (Å²) in [4.78, 5) is 31.9. The second-order valence-corrected chi connectivity index (χ2v) is 9.69. The predicted octanol–water partition coefficient (Wildman–Crippen LogP) is 4.68. The number of aryl methyl sites for hydroxylation is 1. The van der Waals surface area contributed by atoms with Gasteiger partial charge in [-0.15, -0.1) is 11.8 Å². The zero-order valence-corrected chi connectivity index (χ0v) is 20.1. The summed E-state index contributed by atoms with van der Waals surface area (Å²) in [5.41, 5.74) is 0.691. The van der Waals surface area contributed by atoms with Gasteiger partial charge in [-0.3, -0.25) is 14.5 Å². The summed E-state index contributed by atoms with van der Waals surface area (Å²) in [5, 5.41) is 6.18. The molecule has 1 aromatic carbocycles. The lowest BCUT2D eigenvalue weighted by Gasteiger charge is -2.33. The van der Waals surface area contributed by atoms with Crippen LogP contribution in [0.15, 0.2) is 30.6 Å². The van der Waals surface area contributed by atoms with Gasteiger partial charge in [0.2, 0.25) is 0 Å². The van der Waals surface area contributed by atoms with Crippen LogP contribution in [0.5, 0.6) is 5.75 Å². The highest BCUT2D eigenvalue weighted by Gasteiger charge is 2.46. The number of urea groups is 1. The number of amides is 3. The highest BCUT2D eigenvalue weighted by molar-refractivity contribution is 8.09. The van der Waals surface area contributed by atoms with Crippen molar-refractivity contribution in [3.05, 3.63) is 52.7 Å². The van der Waals surface area contributed by atoms with E-state index in [-0.39, 0.29) is 33.1 Å². The second-order valence-electron chi connectivity index (χ2n) is 8.10. The summed E-state index contributed by atoms with van der Waals surface area (Å²) < 4.78 is 58.8. The maximum atomic E-state index is 14.0. The smallest absolute Gasteiger partial charge is 0.408 e.